The molecule has 1 amide bonds. The molecule has 0 spiro atoms. The molecule has 6 heteroatoms. The lowest BCUT2D eigenvalue weighted by atomic mass is 9.82. The number of hydrogen-bond donors (Lipinski definition) is 2. The maximum absolute atomic E-state index is 12.4. The third kappa shape index (κ3) is 2.68. The molecular formula is C16H19N3O3. The highest BCUT2D eigenvalue weighted by molar-refractivity contribution is 5.82. The third-order valence-electron chi connectivity index (χ3n) is 4.32. The van der Waals surface area contributed by atoms with Crippen LogP contribution in [0.25, 0.3) is 11.0 Å². The largest absolute Gasteiger partial charge is 0.481 e. The number of H-pyrrole nitrogens is 1. The molecule has 0 radical (unpaired) electrons. The van der Waals surface area contributed by atoms with E-state index in [9.17, 15) is 14.7 Å². The third-order valence-corrected chi connectivity index (χ3v) is 4.32. The van der Waals surface area contributed by atoms with Gasteiger partial charge in [-0.05, 0) is 31.9 Å². The molecule has 2 aromatic rings. The highest BCUT2D eigenvalue weighted by Gasteiger charge is 2.39. The van der Waals surface area contributed by atoms with Gasteiger partial charge in [0.15, 0.2) is 0 Å². The van der Waals surface area contributed by atoms with Crippen LogP contribution in [0.15, 0.2) is 24.3 Å². The molecule has 116 valence electrons. The summed E-state index contributed by atoms with van der Waals surface area (Å²) >= 11 is 0. The Hall–Kier alpha value is -2.37. The highest BCUT2D eigenvalue weighted by Crippen LogP contribution is 2.30. The molecule has 1 aromatic carbocycles. The topological polar surface area (TPSA) is 86.3 Å². The number of aromatic amines is 1. The first-order valence-electron chi connectivity index (χ1n) is 7.43. The number of benzene rings is 1. The van der Waals surface area contributed by atoms with Crippen LogP contribution in [0, 0.1) is 5.41 Å². The summed E-state index contributed by atoms with van der Waals surface area (Å²) in [5.41, 5.74) is 0.889. The number of aliphatic carboxylic acids is 1. The number of carbonyl (C=O) groups is 2. The molecule has 2 N–H and O–H groups in total. The normalized spacial score (nSPS) is 22.0. The Morgan fingerprint density at radius 3 is 2.91 bits per heavy atom. The summed E-state index contributed by atoms with van der Waals surface area (Å²) in [5, 5.41) is 9.33. The van der Waals surface area contributed by atoms with E-state index in [1.807, 2.05) is 24.3 Å². The van der Waals surface area contributed by atoms with Gasteiger partial charge >= 0.3 is 5.97 Å². The zero-order chi connectivity index (χ0) is 15.7. The lowest BCUT2D eigenvalue weighted by Gasteiger charge is -2.37. The molecule has 1 saturated heterocycles. The molecule has 1 aliphatic rings. The van der Waals surface area contributed by atoms with Crippen molar-refractivity contribution < 1.29 is 14.7 Å². The van der Waals surface area contributed by atoms with Gasteiger partial charge in [0.2, 0.25) is 5.91 Å². The van der Waals surface area contributed by atoms with Gasteiger partial charge in [0.1, 0.15) is 5.82 Å². The van der Waals surface area contributed by atoms with Gasteiger partial charge in [0.25, 0.3) is 0 Å². The molecule has 3 rings (SSSR count). The molecule has 2 heterocycles. The number of hydrogen-bond acceptors (Lipinski definition) is 3. The van der Waals surface area contributed by atoms with E-state index in [1.54, 1.807) is 11.8 Å². The second-order valence-electron chi connectivity index (χ2n) is 6.16. The standard InChI is InChI=1S/C16H19N3O3/c1-16(15(21)22)7-4-8-19(10-16)14(20)9-13-17-11-5-2-3-6-12(11)18-13/h2-3,5-6H,4,7-10H2,1H3,(H,17,18)(H,21,22)/t16-/m0/s1. The van der Waals surface area contributed by atoms with Crippen molar-refractivity contribution in [1.82, 2.24) is 14.9 Å². The van der Waals surface area contributed by atoms with Crippen LogP contribution in [0.3, 0.4) is 0 Å². The Morgan fingerprint density at radius 2 is 2.18 bits per heavy atom. The molecule has 1 aliphatic heterocycles. The average Bonchev–Trinajstić information content (AvgIpc) is 2.89. The van der Waals surface area contributed by atoms with Crippen LogP contribution >= 0.6 is 0 Å². The van der Waals surface area contributed by atoms with Gasteiger partial charge < -0.3 is 15.0 Å². The number of carboxylic acids is 1. The summed E-state index contributed by atoms with van der Waals surface area (Å²) in [6.45, 7) is 2.58. The van der Waals surface area contributed by atoms with Crippen LogP contribution in [0.2, 0.25) is 0 Å². The van der Waals surface area contributed by atoms with Crippen LogP contribution < -0.4 is 0 Å². The Labute approximate surface area is 128 Å². The molecule has 1 atom stereocenters. The molecule has 0 saturated carbocycles. The fourth-order valence-corrected chi connectivity index (χ4v) is 2.97. The molecule has 0 unspecified atom stereocenters. The molecule has 0 bridgehead atoms. The number of carbonyl (C=O) groups excluding carboxylic acids is 1. The zero-order valence-corrected chi connectivity index (χ0v) is 12.5. The van der Waals surface area contributed by atoms with Crippen molar-refractivity contribution in [2.24, 2.45) is 5.41 Å². The Morgan fingerprint density at radius 1 is 1.41 bits per heavy atom. The van der Waals surface area contributed by atoms with Crippen LogP contribution in [-0.2, 0) is 16.0 Å². The van der Waals surface area contributed by atoms with Gasteiger partial charge in [-0.2, -0.15) is 0 Å². The minimum atomic E-state index is -0.845. The van der Waals surface area contributed by atoms with E-state index in [0.29, 0.717) is 25.2 Å². The van der Waals surface area contributed by atoms with E-state index in [0.717, 1.165) is 11.0 Å². The Kier molecular flexibility index (Phi) is 3.60. The maximum Gasteiger partial charge on any atom is 0.311 e. The van der Waals surface area contributed by atoms with Crippen molar-refractivity contribution in [3.05, 3.63) is 30.1 Å². The number of nitrogens with zero attached hydrogens (tertiary/aromatic N) is 2. The smallest absolute Gasteiger partial charge is 0.311 e. The van der Waals surface area contributed by atoms with Crippen molar-refractivity contribution in [3.63, 3.8) is 0 Å². The lowest BCUT2D eigenvalue weighted by molar-refractivity contribution is -0.153. The fraction of sp³-hybridized carbons (Fsp3) is 0.438. The summed E-state index contributed by atoms with van der Waals surface area (Å²) in [4.78, 5) is 33.0. The second kappa shape index (κ2) is 5.44. The SMILES string of the molecule is C[C@]1(C(=O)O)CCCN(C(=O)Cc2nc3ccccc3[nH]2)C1. The van der Waals surface area contributed by atoms with Crippen LogP contribution in [-0.4, -0.2) is 44.9 Å². The summed E-state index contributed by atoms with van der Waals surface area (Å²) in [5.74, 6) is -0.297. The first-order valence-corrected chi connectivity index (χ1v) is 7.43. The highest BCUT2D eigenvalue weighted by atomic mass is 16.4. The van der Waals surface area contributed by atoms with Gasteiger partial charge in [0, 0.05) is 13.1 Å². The number of fused-ring (bicyclic) bond motifs is 1. The number of aromatic nitrogens is 2. The number of rotatable bonds is 3. The van der Waals surface area contributed by atoms with E-state index >= 15 is 0 Å². The fourth-order valence-electron chi connectivity index (χ4n) is 2.97. The second-order valence-corrected chi connectivity index (χ2v) is 6.16. The van der Waals surface area contributed by atoms with E-state index < -0.39 is 11.4 Å². The number of para-hydroxylation sites is 2. The van der Waals surface area contributed by atoms with E-state index in [-0.39, 0.29) is 18.9 Å². The van der Waals surface area contributed by atoms with Crippen molar-refractivity contribution >= 4 is 22.9 Å². The van der Waals surface area contributed by atoms with Crippen molar-refractivity contribution in [2.45, 2.75) is 26.2 Å². The molecule has 22 heavy (non-hydrogen) atoms. The van der Waals surface area contributed by atoms with Crippen LogP contribution in [0.4, 0.5) is 0 Å². The number of imidazole rings is 1. The number of nitrogens with one attached hydrogen (secondary N) is 1. The average molecular weight is 301 g/mol. The number of carboxylic acid groups (broad SMARTS) is 1. The maximum atomic E-state index is 12.4. The first-order chi connectivity index (χ1) is 10.5. The molecule has 1 aromatic heterocycles. The minimum absolute atomic E-state index is 0.0776. The van der Waals surface area contributed by atoms with Gasteiger partial charge in [-0.3, -0.25) is 9.59 Å². The zero-order valence-electron chi connectivity index (χ0n) is 12.5. The first kappa shape index (κ1) is 14.6. The summed E-state index contributed by atoms with van der Waals surface area (Å²) < 4.78 is 0. The van der Waals surface area contributed by atoms with Crippen LogP contribution in [0.1, 0.15) is 25.6 Å². The summed E-state index contributed by atoms with van der Waals surface area (Å²) in [6, 6.07) is 7.62. The van der Waals surface area contributed by atoms with E-state index in [4.69, 9.17) is 0 Å². The van der Waals surface area contributed by atoms with Gasteiger partial charge in [-0.25, -0.2) is 4.98 Å². The van der Waals surface area contributed by atoms with Gasteiger partial charge in [-0.1, -0.05) is 12.1 Å². The quantitative estimate of drug-likeness (QED) is 0.905. The minimum Gasteiger partial charge on any atom is -0.481 e. The summed E-state index contributed by atoms with van der Waals surface area (Å²) in [6.07, 6.45) is 1.50. The monoisotopic (exact) mass is 301 g/mol. The Balaban J connectivity index is 1.72. The Bertz CT molecular complexity index is 691. The predicted molar refractivity (Wildman–Crippen MR) is 81.4 cm³/mol. The van der Waals surface area contributed by atoms with E-state index in [1.165, 1.54) is 0 Å². The molecule has 0 aliphatic carbocycles. The number of likely N-dealkylation sites (tertiary alicyclic amines) is 1. The van der Waals surface area contributed by atoms with Gasteiger partial charge in [0.05, 0.1) is 22.9 Å². The van der Waals surface area contributed by atoms with Crippen molar-refractivity contribution in [2.75, 3.05) is 13.1 Å². The van der Waals surface area contributed by atoms with Crippen molar-refractivity contribution in [1.29, 1.82) is 0 Å². The lowest BCUT2D eigenvalue weighted by Crippen LogP contribution is -2.48. The van der Waals surface area contributed by atoms with Gasteiger partial charge in [-0.15, -0.1) is 0 Å². The number of amides is 1. The van der Waals surface area contributed by atoms with Crippen LogP contribution in [0.5, 0.6) is 0 Å². The molecule has 1 fully saturated rings. The van der Waals surface area contributed by atoms with E-state index in [2.05, 4.69) is 9.97 Å². The molecule has 6 nitrogen and oxygen atoms in total. The number of piperidine rings is 1. The molecular weight excluding hydrogens is 282 g/mol. The predicted octanol–water partition coefficient (Wildman–Crippen LogP) is 1.82. The summed E-state index contributed by atoms with van der Waals surface area (Å²) in [7, 11) is 0. The van der Waals surface area contributed by atoms with Crippen molar-refractivity contribution in [3.8, 4) is 0 Å².